The fraction of sp³-hybridized carbons (Fsp3) is 0.533. The van der Waals surface area contributed by atoms with Gasteiger partial charge in [-0.15, -0.1) is 10.2 Å². The van der Waals surface area contributed by atoms with Crippen LogP contribution in [0.25, 0.3) is 5.65 Å². The zero-order valence-corrected chi connectivity index (χ0v) is 12.8. The number of aliphatic imine (C=N–C) groups is 1. The Balaban J connectivity index is 1.66. The third-order valence-corrected chi connectivity index (χ3v) is 3.78. The number of guanidine groups is 1. The van der Waals surface area contributed by atoms with Gasteiger partial charge in [0.1, 0.15) is 5.82 Å². The van der Waals surface area contributed by atoms with Gasteiger partial charge in [-0.3, -0.25) is 9.39 Å². The number of fused-ring (bicyclic) bond motifs is 1. The Labute approximate surface area is 129 Å². The maximum atomic E-state index is 9.66. The summed E-state index contributed by atoms with van der Waals surface area (Å²) in [5.74, 6) is 1.78. The molecule has 0 radical (unpaired) electrons. The smallest absolute Gasteiger partial charge is 0.194 e. The molecule has 0 unspecified atom stereocenters. The summed E-state index contributed by atoms with van der Waals surface area (Å²) in [6.07, 6.45) is 3.26. The fourth-order valence-corrected chi connectivity index (χ4v) is 2.68. The first-order valence-electron chi connectivity index (χ1n) is 7.78. The van der Waals surface area contributed by atoms with Crippen molar-refractivity contribution in [3.63, 3.8) is 0 Å². The van der Waals surface area contributed by atoms with E-state index in [0.29, 0.717) is 13.1 Å². The van der Waals surface area contributed by atoms with E-state index in [2.05, 4.69) is 25.4 Å². The molecule has 7 heteroatoms. The number of nitrogens with one attached hydrogen (secondary N) is 1. The Kier molecular flexibility index (Phi) is 4.53. The number of nitrogens with zero attached hydrogens (tertiary/aromatic N) is 5. The minimum absolute atomic E-state index is 0.246. The van der Waals surface area contributed by atoms with Crippen LogP contribution >= 0.6 is 0 Å². The van der Waals surface area contributed by atoms with Crippen molar-refractivity contribution >= 4 is 11.6 Å². The number of β-amino-alcohol motifs (C(OH)–C–C–N with tert-alkyl or cyclic N) is 1. The highest BCUT2D eigenvalue weighted by molar-refractivity contribution is 5.80. The Bertz CT molecular complexity index is 652. The third kappa shape index (κ3) is 3.19. The molecule has 0 spiro atoms. The van der Waals surface area contributed by atoms with E-state index >= 15 is 0 Å². The molecule has 1 aliphatic heterocycles. The lowest BCUT2D eigenvalue weighted by Crippen LogP contribution is -2.40. The van der Waals surface area contributed by atoms with Crippen LogP contribution in [0.1, 0.15) is 19.2 Å². The maximum Gasteiger partial charge on any atom is 0.194 e. The average molecular weight is 302 g/mol. The van der Waals surface area contributed by atoms with Crippen molar-refractivity contribution in [1.29, 1.82) is 0 Å². The van der Waals surface area contributed by atoms with Crippen LogP contribution in [-0.2, 0) is 6.42 Å². The minimum Gasteiger partial charge on any atom is -0.391 e. The first-order chi connectivity index (χ1) is 10.8. The molecule has 3 heterocycles. The van der Waals surface area contributed by atoms with Crippen LogP contribution in [0.3, 0.4) is 0 Å². The molecule has 0 aliphatic carbocycles. The molecule has 1 saturated heterocycles. The van der Waals surface area contributed by atoms with Crippen molar-refractivity contribution in [2.24, 2.45) is 4.99 Å². The fourth-order valence-electron chi connectivity index (χ4n) is 2.68. The van der Waals surface area contributed by atoms with Gasteiger partial charge in [0.2, 0.25) is 0 Å². The molecule has 2 aromatic rings. The van der Waals surface area contributed by atoms with Gasteiger partial charge in [-0.25, -0.2) is 0 Å². The molecular weight excluding hydrogens is 280 g/mol. The lowest BCUT2D eigenvalue weighted by Gasteiger charge is -2.20. The summed E-state index contributed by atoms with van der Waals surface area (Å²) in [7, 11) is 0. The van der Waals surface area contributed by atoms with Crippen LogP contribution in [0, 0.1) is 0 Å². The molecule has 1 aliphatic rings. The van der Waals surface area contributed by atoms with Crippen molar-refractivity contribution in [3.8, 4) is 0 Å². The second-order valence-corrected chi connectivity index (χ2v) is 5.42. The van der Waals surface area contributed by atoms with Crippen molar-refractivity contribution in [2.75, 3.05) is 26.2 Å². The molecule has 0 bridgehead atoms. The summed E-state index contributed by atoms with van der Waals surface area (Å²) in [4.78, 5) is 6.76. The minimum atomic E-state index is -0.246. The van der Waals surface area contributed by atoms with E-state index in [1.54, 1.807) is 0 Å². The molecule has 0 saturated carbocycles. The van der Waals surface area contributed by atoms with E-state index in [4.69, 9.17) is 0 Å². The second-order valence-electron chi connectivity index (χ2n) is 5.42. The summed E-state index contributed by atoms with van der Waals surface area (Å²) in [6.45, 7) is 5.01. The van der Waals surface area contributed by atoms with Gasteiger partial charge in [0.25, 0.3) is 0 Å². The number of likely N-dealkylation sites (tertiary alicyclic amines) is 1. The molecule has 7 nitrogen and oxygen atoms in total. The van der Waals surface area contributed by atoms with Gasteiger partial charge < -0.3 is 15.3 Å². The molecule has 118 valence electrons. The third-order valence-electron chi connectivity index (χ3n) is 3.78. The molecule has 2 N–H and O–H groups in total. The Morgan fingerprint density at radius 3 is 3.14 bits per heavy atom. The van der Waals surface area contributed by atoms with Crippen LogP contribution in [0.5, 0.6) is 0 Å². The first-order valence-corrected chi connectivity index (χ1v) is 7.78. The standard InChI is InChI=1S/C15H22N6O/c1-2-16-15(20-10-7-12(22)11-20)17-8-6-14-19-18-13-5-3-4-9-21(13)14/h3-5,9,12,22H,2,6-8,10-11H2,1H3,(H,16,17)/t12-/m1/s1. The predicted molar refractivity (Wildman–Crippen MR) is 84.9 cm³/mol. The zero-order chi connectivity index (χ0) is 15.4. The summed E-state index contributed by atoms with van der Waals surface area (Å²) in [6, 6.07) is 5.86. The number of pyridine rings is 1. The highest BCUT2D eigenvalue weighted by atomic mass is 16.3. The molecule has 0 aromatic carbocycles. The second kappa shape index (κ2) is 6.74. The summed E-state index contributed by atoms with van der Waals surface area (Å²) < 4.78 is 1.99. The van der Waals surface area contributed by atoms with Gasteiger partial charge in [-0.05, 0) is 25.5 Å². The first kappa shape index (κ1) is 14.8. The lowest BCUT2D eigenvalue weighted by atomic mass is 10.3. The van der Waals surface area contributed by atoms with Gasteiger partial charge in [0.05, 0.1) is 6.10 Å². The van der Waals surface area contributed by atoms with Crippen molar-refractivity contribution in [3.05, 3.63) is 30.2 Å². The summed E-state index contributed by atoms with van der Waals surface area (Å²) in [5.41, 5.74) is 0.857. The number of hydrogen-bond acceptors (Lipinski definition) is 4. The van der Waals surface area contributed by atoms with Crippen LogP contribution in [0.4, 0.5) is 0 Å². The lowest BCUT2D eigenvalue weighted by molar-refractivity contribution is 0.188. The van der Waals surface area contributed by atoms with E-state index in [9.17, 15) is 5.11 Å². The topological polar surface area (TPSA) is 78.0 Å². The number of aliphatic hydroxyl groups is 1. The Morgan fingerprint density at radius 2 is 2.36 bits per heavy atom. The van der Waals surface area contributed by atoms with Gasteiger partial charge in [-0.2, -0.15) is 0 Å². The van der Waals surface area contributed by atoms with E-state index in [-0.39, 0.29) is 6.10 Å². The van der Waals surface area contributed by atoms with Crippen molar-refractivity contribution in [2.45, 2.75) is 25.9 Å². The monoisotopic (exact) mass is 302 g/mol. The van der Waals surface area contributed by atoms with E-state index in [0.717, 1.165) is 43.4 Å². The quantitative estimate of drug-likeness (QED) is 0.627. The highest BCUT2D eigenvalue weighted by Gasteiger charge is 2.22. The van der Waals surface area contributed by atoms with Crippen LogP contribution in [-0.4, -0.2) is 62.8 Å². The highest BCUT2D eigenvalue weighted by Crippen LogP contribution is 2.09. The van der Waals surface area contributed by atoms with Gasteiger partial charge in [0.15, 0.2) is 11.6 Å². The number of hydrogen-bond donors (Lipinski definition) is 2. The largest absolute Gasteiger partial charge is 0.391 e. The van der Waals surface area contributed by atoms with Crippen molar-refractivity contribution < 1.29 is 5.11 Å². The van der Waals surface area contributed by atoms with Crippen LogP contribution < -0.4 is 5.32 Å². The SMILES string of the molecule is CCNC(=NCCc1nnc2ccccn12)N1CC[C@@H](O)C1. The van der Waals surface area contributed by atoms with E-state index in [1.165, 1.54) is 0 Å². The number of rotatable bonds is 4. The normalized spacial score (nSPS) is 19.1. The molecular formula is C15H22N6O. The molecule has 1 atom stereocenters. The van der Waals surface area contributed by atoms with Gasteiger partial charge in [-0.1, -0.05) is 6.07 Å². The molecule has 0 amide bonds. The molecule has 1 fully saturated rings. The Hall–Kier alpha value is -2.15. The Morgan fingerprint density at radius 1 is 1.45 bits per heavy atom. The zero-order valence-electron chi connectivity index (χ0n) is 12.8. The van der Waals surface area contributed by atoms with Gasteiger partial charge in [0, 0.05) is 38.8 Å². The van der Waals surface area contributed by atoms with E-state index < -0.39 is 0 Å². The van der Waals surface area contributed by atoms with E-state index in [1.807, 2.05) is 35.7 Å². The molecule has 3 rings (SSSR count). The summed E-state index contributed by atoms with van der Waals surface area (Å²) in [5, 5.41) is 21.3. The maximum absolute atomic E-state index is 9.66. The van der Waals surface area contributed by atoms with Crippen LogP contribution in [0.2, 0.25) is 0 Å². The van der Waals surface area contributed by atoms with Crippen molar-refractivity contribution in [1.82, 2.24) is 24.8 Å². The predicted octanol–water partition coefficient (Wildman–Crippen LogP) is 0.304. The van der Waals surface area contributed by atoms with Gasteiger partial charge >= 0.3 is 0 Å². The molecule has 2 aromatic heterocycles. The number of aliphatic hydroxyl groups excluding tert-OH is 1. The average Bonchev–Trinajstić information content (AvgIpc) is 3.13. The number of aromatic nitrogens is 3. The molecule has 22 heavy (non-hydrogen) atoms. The summed E-state index contributed by atoms with van der Waals surface area (Å²) >= 11 is 0. The van der Waals surface area contributed by atoms with Crippen LogP contribution in [0.15, 0.2) is 29.4 Å².